The van der Waals surface area contributed by atoms with E-state index in [0.29, 0.717) is 5.92 Å². The Balaban J connectivity index is 2.45. The van der Waals surface area contributed by atoms with Crippen molar-refractivity contribution in [1.82, 2.24) is 0 Å². The summed E-state index contributed by atoms with van der Waals surface area (Å²) in [5, 5.41) is 0. The van der Waals surface area contributed by atoms with E-state index in [4.69, 9.17) is 0 Å². The third-order valence-electron chi connectivity index (χ3n) is 2.40. The van der Waals surface area contributed by atoms with Crippen LogP contribution in [0.1, 0.15) is 19.4 Å². The minimum absolute atomic E-state index is 0.485. The van der Waals surface area contributed by atoms with Gasteiger partial charge in [-0.15, -0.1) is 0 Å². The van der Waals surface area contributed by atoms with E-state index in [9.17, 15) is 0 Å². The highest BCUT2D eigenvalue weighted by Gasteiger charge is 1.94. The van der Waals surface area contributed by atoms with Crippen LogP contribution in [0.25, 0.3) is 0 Å². The molecule has 1 atom stereocenters. The molecule has 1 aromatic carbocycles. The number of hydrogen-bond donors (Lipinski definition) is 0. The first-order valence-electron chi connectivity index (χ1n) is 5.06. The van der Waals surface area contributed by atoms with Crippen molar-refractivity contribution in [2.75, 3.05) is 0 Å². The van der Waals surface area contributed by atoms with E-state index < -0.39 is 0 Å². The van der Waals surface area contributed by atoms with Crippen LogP contribution in [0, 0.1) is 5.92 Å². The van der Waals surface area contributed by atoms with Gasteiger partial charge < -0.3 is 0 Å². The molecule has 0 nitrogen and oxygen atoms in total. The molecule has 0 spiro atoms. The topological polar surface area (TPSA) is 0 Å². The maximum Gasteiger partial charge on any atom is -0.00570 e. The van der Waals surface area contributed by atoms with Crippen LogP contribution >= 0.6 is 0 Å². The second-order valence-corrected chi connectivity index (χ2v) is 3.75. The summed E-state index contributed by atoms with van der Waals surface area (Å²) in [5.74, 6) is 0.485. The van der Waals surface area contributed by atoms with Crippen molar-refractivity contribution in [3.63, 3.8) is 0 Å². The summed E-state index contributed by atoms with van der Waals surface area (Å²) in [4.78, 5) is 0. The van der Waals surface area contributed by atoms with Crippen molar-refractivity contribution in [2.24, 2.45) is 5.92 Å². The molecular weight excluding hydrogens is 168 g/mol. The fourth-order valence-corrected chi connectivity index (χ4v) is 1.19. The molecule has 0 aliphatic carbocycles. The molecule has 0 saturated carbocycles. The highest BCUT2D eigenvalue weighted by molar-refractivity contribution is 5.18. The third-order valence-corrected chi connectivity index (χ3v) is 2.40. The van der Waals surface area contributed by atoms with Gasteiger partial charge in [0.2, 0.25) is 0 Å². The van der Waals surface area contributed by atoms with E-state index in [2.05, 4.69) is 56.8 Å². The lowest BCUT2D eigenvalue weighted by molar-refractivity contribution is 0.863. The third kappa shape index (κ3) is 3.61. The van der Waals surface area contributed by atoms with Gasteiger partial charge in [-0.25, -0.2) is 0 Å². The van der Waals surface area contributed by atoms with Gasteiger partial charge in [-0.1, -0.05) is 61.6 Å². The minimum atomic E-state index is 0.485. The van der Waals surface area contributed by atoms with Crippen LogP contribution in [-0.2, 0) is 6.42 Å². The molecule has 0 heteroatoms. The first-order valence-corrected chi connectivity index (χ1v) is 5.06. The van der Waals surface area contributed by atoms with Crippen molar-refractivity contribution in [2.45, 2.75) is 20.3 Å². The second-order valence-electron chi connectivity index (χ2n) is 3.75. The Hall–Kier alpha value is -1.30. The lowest BCUT2D eigenvalue weighted by Crippen LogP contribution is -1.89. The molecule has 0 saturated heterocycles. The number of allylic oxidation sites excluding steroid dienone is 3. The highest BCUT2D eigenvalue weighted by Crippen LogP contribution is 2.09. The Morgan fingerprint density at radius 1 is 1.36 bits per heavy atom. The molecule has 0 fully saturated rings. The summed E-state index contributed by atoms with van der Waals surface area (Å²) in [6, 6.07) is 10.5. The van der Waals surface area contributed by atoms with Crippen LogP contribution in [0.3, 0.4) is 0 Å². The van der Waals surface area contributed by atoms with Crippen LogP contribution in [0.2, 0.25) is 0 Å². The quantitative estimate of drug-likeness (QED) is 0.623. The molecule has 1 aromatic rings. The Bertz CT molecular complexity index is 306. The molecule has 0 radical (unpaired) electrons. The van der Waals surface area contributed by atoms with Gasteiger partial charge in [0.05, 0.1) is 0 Å². The van der Waals surface area contributed by atoms with Crippen molar-refractivity contribution in [3.8, 4) is 0 Å². The summed E-state index contributed by atoms with van der Waals surface area (Å²) in [6.45, 7) is 8.17. The van der Waals surface area contributed by atoms with Gasteiger partial charge in [-0.3, -0.25) is 0 Å². The van der Waals surface area contributed by atoms with Crippen LogP contribution < -0.4 is 0 Å². The zero-order valence-electron chi connectivity index (χ0n) is 9.03. The van der Waals surface area contributed by atoms with Gasteiger partial charge in [-0.05, 0) is 24.8 Å². The summed E-state index contributed by atoms with van der Waals surface area (Å²) in [5.41, 5.74) is 2.58. The minimum Gasteiger partial charge on any atom is -0.0996 e. The monoisotopic (exact) mass is 186 g/mol. The lowest BCUT2D eigenvalue weighted by Gasteiger charge is -2.03. The number of benzene rings is 1. The van der Waals surface area contributed by atoms with Crippen molar-refractivity contribution >= 4 is 0 Å². The molecule has 0 aromatic heterocycles. The summed E-state index contributed by atoms with van der Waals surface area (Å²) in [7, 11) is 0. The van der Waals surface area contributed by atoms with Crippen LogP contribution in [0.4, 0.5) is 0 Å². The van der Waals surface area contributed by atoms with E-state index in [1.54, 1.807) is 0 Å². The van der Waals surface area contributed by atoms with E-state index >= 15 is 0 Å². The summed E-state index contributed by atoms with van der Waals surface area (Å²) >= 11 is 0. The first kappa shape index (κ1) is 10.8. The molecule has 0 heterocycles. The maximum atomic E-state index is 3.93. The first-order chi connectivity index (χ1) is 6.70. The van der Waals surface area contributed by atoms with Crippen LogP contribution in [0.15, 0.2) is 54.6 Å². The average molecular weight is 186 g/mol. The normalized spacial score (nSPS) is 13.0. The van der Waals surface area contributed by atoms with Gasteiger partial charge in [0.1, 0.15) is 0 Å². The Morgan fingerprint density at radius 2 is 2.00 bits per heavy atom. The SMILES string of the molecule is C=C(C)[C@H](C)/C=C/Cc1ccccc1. The van der Waals surface area contributed by atoms with E-state index in [0.717, 1.165) is 6.42 Å². The van der Waals surface area contributed by atoms with Gasteiger partial charge in [-0.2, -0.15) is 0 Å². The predicted octanol–water partition coefficient (Wildman–Crippen LogP) is 4.00. The molecule has 14 heavy (non-hydrogen) atoms. The Labute approximate surface area is 87.0 Å². The molecule has 0 aliphatic heterocycles. The van der Waals surface area contributed by atoms with Crippen molar-refractivity contribution in [3.05, 3.63) is 60.2 Å². The molecule has 1 rings (SSSR count). The molecule has 0 amide bonds. The fourth-order valence-electron chi connectivity index (χ4n) is 1.19. The van der Waals surface area contributed by atoms with Crippen molar-refractivity contribution in [1.29, 1.82) is 0 Å². The molecular formula is C14H18. The molecule has 0 aliphatic rings. The van der Waals surface area contributed by atoms with E-state index in [1.807, 2.05) is 6.07 Å². The number of rotatable bonds is 4. The second kappa shape index (κ2) is 5.43. The molecule has 0 N–H and O–H groups in total. The van der Waals surface area contributed by atoms with Crippen LogP contribution in [-0.4, -0.2) is 0 Å². The van der Waals surface area contributed by atoms with Gasteiger partial charge >= 0.3 is 0 Å². The van der Waals surface area contributed by atoms with Gasteiger partial charge in [0, 0.05) is 0 Å². The standard InChI is InChI=1S/C14H18/c1-12(2)13(3)8-7-11-14-9-5-4-6-10-14/h4-10,13H,1,11H2,2-3H3/b8-7+/t13-/m1/s1. The van der Waals surface area contributed by atoms with Gasteiger partial charge in [0.15, 0.2) is 0 Å². The predicted molar refractivity (Wildman–Crippen MR) is 63.3 cm³/mol. The molecule has 74 valence electrons. The van der Waals surface area contributed by atoms with E-state index in [-0.39, 0.29) is 0 Å². The summed E-state index contributed by atoms with van der Waals surface area (Å²) < 4.78 is 0. The van der Waals surface area contributed by atoms with E-state index in [1.165, 1.54) is 11.1 Å². The average Bonchev–Trinajstić information content (AvgIpc) is 2.19. The zero-order valence-corrected chi connectivity index (χ0v) is 9.03. The maximum absolute atomic E-state index is 3.93. The number of hydrogen-bond acceptors (Lipinski definition) is 0. The van der Waals surface area contributed by atoms with Crippen LogP contribution in [0.5, 0.6) is 0 Å². The van der Waals surface area contributed by atoms with Gasteiger partial charge in [0.25, 0.3) is 0 Å². The fraction of sp³-hybridized carbons (Fsp3) is 0.286. The lowest BCUT2D eigenvalue weighted by atomic mass is 10.0. The molecule has 0 bridgehead atoms. The Morgan fingerprint density at radius 3 is 2.57 bits per heavy atom. The highest BCUT2D eigenvalue weighted by atomic mass is 14.0. The van der Waals surface area contributed by atoms with Crippen molar-refractivity contribution < 1.29 is 0 Å². The molecule has 0 unspecified atom stereocenters. The Kier molecular flexibility index (Phi) is 4.18. The smallest absolute Gasteiger partial charge is 0.00570 e. The largest absolute Gasteiger partial charge is 0.0996 e. The zero-order chi connectivity index (χ0) is 10.4. The summed E-state index contributed by atoms with van der Waals surface area (Å²) in [6.07, 6.45) is 5.45.